The van der Waals surface area contributed by atoms with E-state index in [1.165, 1.54) is 15.7 Å². The summed E-state index contributed by atoms with van der Waals surface area (Å²) in [4.78, 5) is 25.4. The molecule has 2 heterocycles. The average Bonchev–Trinajstić information content (AvgIpc) is 2.93. The van der Waals surface area contributed by atoms with Gasteiger partial charge in [-0.1, -0.05) is 42.5 Å². The third-order valence-electron chi connectivity index (χ3n) is 4.77. The zero-order chi connectivity index (χ0) is 14.8. The highest BCUT2D eigenvalue weighted by atomic mass is 16.2. The lowest BCUT2D eigenvalue weighted by Crippen LogP contribution is -2.46. The monoisotopic (exact) mass is 291 g/mol. The molecule has 5 nitrogen and oxygen atoms in total. The maximum Gasteiger partial charge on any atom is 0.352 e. The molecule has 1 aromatic heterocycles. The van der Waals surface area contributed by atoms with Gasteiger partial charge in [-0.3, -0.25) is 0 Å². The van der Waals surface area contributed by atoms with Crippen LogP contribution in [-0.4, -0.2) is 13.9 Å². The Morgan fingerprint density at radius 3 is 2.32 bits per heavy atom. The Morgan fingerprint density at radius 2 is 1.50 bits per heavy atom. The fourth-order valence-corrected chi connectivity index (χ4v) is 3.82. The Balaban J connectivity index is 1.76. The number of nitrogens with zero attached hydrogens (tertiary/aromatic N) is 3. The molecule has 5 rings (SSSR count). The highest BCUT2D eigenvalue weighted by Crippen LogP contribution is 2.46. The van der Waals surface area contributed by atoms with Gasteiger partial charge in [0.2, 0.25) is 0 Å². The molecule has 2 atom stereocenters. The van der Waals surface area contributed by atoms with Crippen molar-refractivity contribution in [3.8, 4) is 5.69 Å². The zero-order valence-corrected chi connectivity index (χ0v) is 11.7. The molecule has 22 heavy (non-hydrogen) atoms. The van der Waals surface area contributed by atoms with Crippen LogP contribution in [0.3, 0.4) is 0 Å². The summed E-state index contributed by atoms with van der Waals surface area (Å²) < 4.78 is 4.48. The number of aromatic nitrogens is 3. The van der Waals surface area contributed by atoms with Crippen molar-refractivity contribution in [1.29, 1.82) is 0 Å². The van der Waals surface area contributed by atoms with E-state index in [1.54, 1.807) is 21.5 Å². The molecule has 0 fully saturated rings. The summed E-state index contributed by atoms with van der Waals surface area (Å²) in [5.74, 6) is 0. The van der Waals surface area contributed by atoms with Gasteiger partial charge in [0.25, 0.3) is 0 Å². The van der Waals surface area contributed by atoms with Crippen LogP contribution < -0.4 is 11.4 Å². The van der Waals surface area contributed by atoms with Crippen molar-refractivity contribution >= 4 is 0 Å². The lowest BCUT2D eigenvalue weighted by molar-refractivity contribution is 0.173. The van der Waals surface area contributed by atoms with Crippen LogP contribution in [0.5, 0.6) is 0 Å². The molecule has 0 spiro atoms. The molecule has 0 N–H and O–H groups in total. The molecular weight excluding hydrogens is 278 g/mol. The van der Waals surface area contributed by atoms with Crippen molar-refractivity contribution in [2.75, 3.05) is 0 Å². The molecule has 0 radical (unpaired) electrons. The molecule has 0 saturated heterocycles. The van der Waals surface area contributed by atoms with E-state index in [1.807, 2.05) is 30.3 Å². The first-order valence-electron chi connectivity index (χ1n) is 7.36. The summed E-state index contributed by atoms with van der Waals surface area (Å²) >= 11 is 0. The van der Waals surface area contributed by atoms with E-state index in [9.17, 15) is 9.59 Å². The van der Waals surface area contributed by atoms with Gasteiger partial charge in [-0.25, -0.2) is 23.5 Å². The summed E-state index contributed by atoms with van der Waals surface area (Å²) in [6.45, 7) is 0. The standard InChI is InChI=1S/C17H13N3O2/c21-16-18(12-7-2-1-3-8-12)17(22)20-15-13-9-5-4-6-11(13)10-14(15)19(16)20/h1-9,14-15H,10H2/t14-,15+/m0/s1. The molecule has 1 aliphatic heterocycles. The van der Waals surface area contributed by atoms with Crippen LogP contribution in [0, 0.1) is 0 Å². The smallest absolute Gasteiger partial charge is 0.245 e. The second-order valence-electron chi connectivity index (χ2n) is 5.84. The fourth-order valence-electron chi connectivity index (χ4n) is 3.82. The van der Waals surface area contributed by atoms with Crippen molar-refractivity contribution in [2.45, 2.75) is 18.5 Å². The maximum absolute atomic E-state index is 12.7. The van der Waals surface area contributed by atoms with E-state index in [0.717, 1.165) is 6.42 Å². The first-order chi connectivity index (χ1) is 10.8. The summed E-state index contributed by atoms with van der Waals surface area (Å²) in [6, 6.07) is 17.3. The fraction of sp³-hybridized carbons (Fsp3) is 0.176. The molecular formula is C17H13N3O2. The van der Waals surface area contributed by atoms with E-state index in [-0.39, 0.29) is 23.5 Å². The first kappa shape index (κ1) is 11.8. The molecule has 2 aromatic carbocycles. The molecule has 108 valence electrons. The lowest BCUT2D eigenvalue weighted by Gasteiger charge is -2.34. The van der Waals surface area contributed by atoms with Crippen LogP contribution in [0.25, 0.3) is 5.69 Å². The normalized spacial score (nSPS) is 20.9. The summed E-state index contributed by atoms with van der Waals surface area (Å²) in [5, 5.41) is 0. The second kappa shape index (κ2) is 3.88. The van der Waals surface area contributed by atoms with Crippen LogP contribution >= 0.6 is 0 Å². The summed E-state index contributed by atoms with van der Waals surface area (Å²) in [7, 11) is 0. The molecule has 0 bridgehead atoms. The Morgan fingerprint density at radius 1 is 0.818 bits per heavy atom. The minimum Gasteiger partial charge on any atom is -0.245 e. The van der Waals surface area contributed by atoms with Crippen LogP contribution in [0.4, 0.5) is 0 Å². The molecule has 0 saturated carbocycles. The summed E-state index contributed by atoms with van der Waals surface area (Å²) in [6.07, 6.45) is 0.818. The molecule has 0 unspecified atom stereocenters. The zero-order valence-electron chi connectivity index (χ0n) is 11.7. The Hall–Kier alpha value is -2.82. The van der Waals surface area contributed by atoms with Gasteiger partial charge in [-0.15, -0.1) is 0 Å². The second-order valence-corrected chi connectivity index (χ2v) is 5.84. The van der Waals surface area contributed by atoms with Crippen molar-refractivity contribution in [3.63, 3.8) is 0 Å². The Labute approximate surface area is 125 Å². The first-order valence-corrected chi connectivity index (χ1v) is 7.36. The average molecular weight is 291 g/mol. The third-order valence-corrected chi connectivity index (χ3v) is 4.77. The predicted octanol–water partition coefficient (Wildman–Crippen LogP) is 1.50. The van der Waals surface area contributed by atoms with Crippen LogP contribution in [0.1, 0.15) is 23.2 Å². The van der Waals surface area contributed by atoms with Crippen LogP contribution in [-0.2, 0) is 6.42 Å². The van der Waals surface area contributed by atoms with Crippen molar-refractivity contribution in [2.24, 2.45) is 0 Å². The lowest BCUT2D eigenvalue weighted by atomic mass is 10.1. The van der Waals surface area contributed by atoms with Gasteiger partial charge in [0.05, 0.1) is 11.7 Å². The van der Waals surface area contributed by atoms with E-state index >= 15 is 0 Å². The molecule has 0 amide bonds. The number of para-hydroxylation sites is 1. The van der Waals surface area contributed by atoms with Gasteiger partial charge >= 0.3 is 11.4 Å². The van der Waals surface area contributed by atoms with Crippen molar-refractivity contribution in [1.82, 2.24) is 13.9 Å². The van der Waals surface area contributed by atoms with Gasteiger partial charge in [-0.2, -0.15) is 0 Å². The number of fused-ring (bicyclic) bond motifs is 6. The van der Waals surface area contributed by atoms with E-state index < -0.39 is 0 Å². The SMILES string of the molecule is O=c1n(-c2ccccc2)c(=O)n2n1[C@@H]1c3ccccc3C[C@@H]12. The number of hydrogen-bond acceptors (Lipinski definition) is 2. The Kier molecular flexibility index (Phi) is 2.08. The maximum atomic E-state index is 12.7. The quantitative estimate of drug-likeness (QED) is 0.682. The van der Waals surface area contributed by atoms with Gasteiger partial charge < -0.3 is 0 Å². The van der Waals surface area contributed by atoms with Crippen molar-refractivity contribution in [3.05, 3.63) is 86.7 Å². The van der Waals surface area contributed by atoms with Gasteiger partial charge in [0, 0.05) is 0 Å². The van der Waals surface area contributed by atoms with Crippen LogP contribution in [0.15, 0.2) is 64.2 Å². The van der Waals surface area contributed by atoms with E-state index in [0.29, 0.717) is 5.69 Å². The third kappa shape index (κ3) is 1.24. The van der Waals surface area contributed by atoms with Gasteiger partial charge in [0.1, 0.15) is 6.04 Å². The van der Waals surface area contributed by atoms with Gasteiger partial charge in [-0.05, 0) is 29.7 Å². The largest absolute Gasteiger partial charge is 0.352 e. The van der Waals surface area contributed by atoms with E-state index in [2.05, 4.69) is 12.1 Å². The van der Waals surface area contributed by atoms with Crippen LogP contribution in [0.2, 0.25) is 0 Å². The predicted molar refractivity (Wildman–Crippen MR) is 81.6 cm³/mol. The minimum absolute atomic E-state index is 0.00126. The summed E-state index contributed by atoms with van der Waals surface area (Å²) in [5.41, 5.74) is 2.52. The van der Waals surface area contributed by atoms with Gasteiger partial charge in [0.15, 0.2) is 0 Å². The molecule has 2 aliphatic rings. The van der Waals surface area contributed by atoms with Crippen molar-refractivity contribution < 1.29 is 0 Å². The molecule has 5 heteroatoms. The minimum atomic E-state index is -0.255. The molecule has 3 aromatic rings. The van der Waals surface area contributed by atoms with E-state index in [4.69, 9.17) is 0 Å². The highest BCUT2D eigenvalue weighted by molar-refractivity contribution is 5.40. The molecule has 1 aliphatic carbocycles. The number of hydrogen-bond donors (Lipinski definition) is 0. The number of benzene rings is 2. The topological polar surface area (TPSA) is 48.9 Å². The number of rotatable bonds is 1. The Bertz CT molecular complexity index is 1010. The highest BCUT2D eigenvalue weighted by Gasteiger charge is 2.48.